The van der Waals surface area contributed by atoms with Gasteiger partial charge in [-0.2, -0.15) is 0 Å². The van der Waals surface area contributed by atoms with Crippen LogP contribution in [0, 0.1) is 0 Å². The molecule has 0 radical (unpaired) electrons. The first-order valence-electron chi connectivity index (χ1n) is 7.59. The summed E-state index contributed by atoms with van der Waals surface area (Å²) in [6.45, 7) is 0.0990. The molecule has 0 aliphatic carbocycles. The maximum absolute atomic E-state index is 11.8. The van der Waals surface area contributed by atoms with E-state index in [4.69, 9.17) is 21.1 Å². The van der Waals surface area contributed by atoms with Crippen molar-refractivity contribution >= 4 is 23.4 Å². The van der Waals surface area contributed by atoms with E-state index in [2.05, 4.69) is 10.9 Å². The molecule has 0 saturated carbocycles. The Morgan fingerprint density at radius 2 is 1.72 bits per heavy atom. The third-order valence-corrected chi connectivity index (χ3v) is 3.51. The summed E-state index contributed by atoms with van der Waals surface area (Å²) in [6.07, 6.45) is 0.141. The first-order chi connectivity index (χ1) is 12.1. The van der Waals surface area contributed by atoms with E-state index in [-0.39, 0.29) is 25.5 Å². The molecule has 0 unspecified atom stereocenters. The minimum atomic E-state index is -0.438. The van der Waals surface area contributed by atoms with Crippen LogP contribution in [0.25, 0.3) is 0 Å². The van der Waals surface area contributed by atoms with Crippen LogP contribution < -0.4 is 15.6 Å². The van der Waals surface area contributed by atoms with Gasteiger partial charge in [0.2, 0.25) is 5.91 Å². The highest BCUT2D eigenvalue weighted by Crippen LogP contribution is 2.13. The number of carbonyl (C=O) groups excluding carboxylic acids is 2. The van der Waals surface area contributed by atoms with Crippen molar-refractivity contribution in [2.45, 2.75) is 13.0 Å². The Morgan fingerprint density at radius 3 is 2.44 bits per heavy atom. The average Bonchev–Trinajstić information content (AvgIpc) is 2.62. The van der Waals surface area contributed by atoms with Gasteiger partial charge in [0.05, 0.1) is 20.1 Å². The summed E-state index contributed by atoms with van der Waals surface area (Å²) in [6, 6.07) is 14.3. The van der Waals surface area contributed by atoms with E-state index in [0.29, 0.717) is 5.02 Å². The summed E-state index contributed by atoms with van der Waals surface area (Å²) >= 11 is 5.78. The van der Waals surface area contributed by atoms with E-state index >= 15 is 0 Å². The van der Waals surface area contributed by atoms with Crippen LogP contribution in [0.1, 0.15) is 11.1 Å². The number of halogens is 1. The zero-order chi connectivity index (χ0) is 18.1. The smallest absolute Gasteiger partial charge is 0.264 e. The van der Waals surface area contributed by atoms with Crippen LogP contribution in [0.5, 0.6) is 5.75 Å². The van der Waals surface area contributed by atoms with Crippen LogP contribution in [-0.4, -0.2) is 25.5 Å². The molecule has 0 saturated heterocycles. The topological polar surface area (TPSA) is 76.7 Å². The van der Waals surface area contributed by atoms with E-state index in [9.17, 15) is 9.59 Å². The minimum Gasteiger partial charge on any atom is -0.497 e. The maximum Gasteiger partial charge on any atom is 0.264 e. The fraction of sp³-hybridized carbons (Fsp3) is 0.222. The van der Waals surface area contributed by atoms with Gasteiger partial charge in [-0.25, -0.2) is 0 Å². The molecule has 0 bridgehead atoms. The van der Waals surface area contributed by atoms with Crippen molar-refractivity contribution in [1.29, 1.82) is 0 Å². The molecule has 0 aromatic heterocycles. The molecule has 2 aromatic carbocycles. The molecule has 2 N–H and O–H groups in total. The SMILES string of the molecule is COc1cccc(COCC(=O)NNC(=O)Cc2ccc(Cl)cc2)c1. The minimum absolute atomic E-state index is 0.141. The predicted octanol–water partition coefficient (Wildman–Crippen LogP) is 2.26. The number of hydrogen-bond acceptors (Lipinski definition) is 4. The molecule has 0 aliphatic heterocycles. The monoisotopic (exact) mass is 362 g/mol. The van der Waals surface area contributed by atoms with Gasteiger partial charge in [-0.3, -0.25) is 20.4 Å². The number of carbonyl (C=O) groups is 2. The van der Waals surface area contributed by atoms with E-state index in [1.807, 2.05) is 24.3 Å². The largest absolute Gasteiger partial charge is 0.497 e. The number of amides is 2. The fourth-order valence-corrected chi connectivity index (χ4v) is 2.16. The first-order valence-corrected chi connectivity index (χ1v) is 7.97. The van der Waals surface area contributed by atoms with Crippen molar-refractivity contribution in [3.05, 3.63) is 64.7 Å². The number of rotatable bonds is 7. The Kier molecular flexibility index (Phi) is 7.25. The highest BCUT2D eigenvalue weighted by atomic mass is 35.5. The van der Waals surface area contributed by atoms with Crippen molar-refractivity contribution in [3.63, 3.8) is 0 Å². The summed E-state index contributed by atoms with van der Waals surface area (Å²) in [4.78, 5) is 23.4. The molecule has 25 heavy (non-hydrogen) atoms. The second-order valence-corrected chi connectivity index (χ2v) is 5.68. The van der Waals surface area contributed by atoms with Gasteiger partial charge in [-0.15, -0.1) is 0 Å². The van der Waals surface area contributed by atoms with Crippen molar-refractivity contribution in [2.75, 3.05) is 13.7 Å². The molecule has 0 aliphatic rings. The third-order valence-electron chi connectivity index (χ3n) is 3.26. The normalized spacial score (nSPS) is 10.2. The number of hydrogen-bond donors (Lipinski definition) is 2. The van der Waals surface area contributed by atoms with E-state index in [0.717, 1.165) is 16.9 Å². The maximum atomic E-state index is 11.8. The highest BCUT2D eigenvalue weighted by Gasteiger charge is 2.06. The molecule has 0 heterocycles. The quantitative estimate of drug-likeness (QED) is 0.741. The fourth-order valence-electron chi connectivity index (χ4n) is 2.03. The Bertz CT molecular complexity index is 719. The Hall–Kier alpha value is -2.57. The highest BCUT2D eigenvalue weighted by molar-refractivity contribution is 6.30. The van der Waals surface area contributed by atoms with Crippen molar-refractivity contribution in [2.24, 2.45) is 0 Å². The second kappa shape index (κ2) is 9.66. The van der Waals surface area contributed by atoms with Gasteiger partial charge in [-0.1, -0.05) is 35.9 Å². The lowest BCUT2D eigenvalue weighted by atomic mass is 10.1. The first kappa shape index (κ1) is 18.8. The van der Waals surface area contributed by atoms with E-state index < -0.39 is 5.91 Å². The number of benzene rings is 2. The van der Waals surface area contributed by atoms with Crippen LogP contribution in [0.2, 0.25) is 5.02 Å². The van der Waals surface area contributed by atoms with Crippen LogP contribution >= 0.6 is 11.6 Å². The Labute approximate surface area is 151 Å². The molecular weight excluding hydrogens is 344 g/mol. The molecule has 2 rings (SSSR count). The summed E-state index contributed by atoms with van der Waals surface area (Å²) < 4.78 is 10.4. The molecule has 0 spiro atoms. The Morgan fingerprint density at radius 1 is 1.00 bits per heavy atom. The molecule has 7 heteroatoms. The third kappa shape index (κ3) is 6.82. The molecule has 0 atom stereocenters. The van der Waals surface area contributed by atoms with Crippen LogP contribution in [0.4, 0.5) is 0 Å². The molecule has 2 amide bonds. The lowest BCUT2D eigenvalue weighted by Crippen LogP contribution is -2.44. The Balaban J connectivity index is 1.66. The summed E-state index contributed by atoms with van der Waals surface area (Å²) in [5.74, 6) is -0.0455. The lowest BCUT2D eigenvalue weighted by molar-refractivity contribution is -0.131. The molecule has 2 aromatic rings. The number of hydrazine groups is 1. The number of methoxy groups -OCH3 is 1. The van der Waals surface area contributed by atoms with Crippen LogP contribution in [0.3, 0.4) is 0 Å². The van der Waals surface area contributed by atoms with Gasteiger partial charge in [0.25, 0.3) is 5.91 Å². The standard InChI is InChI=1S/C18H19ClN2O4/c1-24-16-4-2-3-14(9-16)11-25-12-18(23)21-20-17(22)10-13-5-7-15(19)8-6-13/h2-9H,10-12H2,1H3,(H,20,22)(H,21,23). The van der Waals surface area contributed by atoms with Crippen molar-refractivity contribution in [1.82, 2.24) is 10.9 Å². The average molecular weight is 363 g/mol. The van der Waals surface area contributed by atoms with E-state index in [1.54, 1.807) is 31.4 Å². The molecular formula is C18H19ClN2O4. The van der Waals surface area contributed by atoms with Gasteiger partial charge in [-0.05, 0) is 35.4 Å². The van der Waals surface area contributed by atoms with Gasteiger partial charge >= 0.3 is 0 Å². The van der Waals surface area contributed by atoms with Crippen LogP contribution in [-0.2, 0) is 27.4 Å². The molecule has 0 fully saturated rings. The molecule has 132 valence electrons. The summed E-state index contributed by atoms with van der Waals surface area (Å²) in [5, 5.41) is 0.602. The zero-order valence-electron chi connectivity index (χ0n) is 13.8. The van der Waals surface area contributed by atoms with Crippen LogP contribution in [0.15, 0.2) is 48.5 Å². The van der Waals surface area contributed by atoms with Gasteiger partial charge in [0.15, 0.2) is 0 Å². The van der Waals surface area contributed by atoms with Crippen molar-refractivity contribution < 1.29 is 19.1 Å². The van der Waals surface area contributed by atoms with Crippen molar-refractivity contribution in [3.8, 4) is 5.75 Å². The number of nitrogens with one attached hydrogen (secondary N) is 2. The lowest BCUT2D eigenvalue weighted by Gasteiger charge is -2.09. The predicted molar refractivity (Wildman–Crippen MR) is 94.1 cm³/mol. The number of ether oxygens (including phenoxy) is 2. The second-order valence-electron chi connectivity index (χ2n) is 5.24. The molecule has 6 nitrogen and oxygen atoms in total. The van der Waals surface area contributed by atoms with Gasteiger partial charge in [0, 0.05) is 5.02 Å². The summed E-state index contributed by atoms with van der Waals surface area (Å²) in [5.41, 5.74) is 6.33. The summed E-state index contributed by atoms with van der Waals surface area (Å²) in [7, 11) is 1.58. The van der Waals surface area contributed by atoms with Gasteiger partial charge < -0.3 is 9.47 Å². The zero-order valence-corrected chi connectivity index (χ0v) is 14.5. The van der Waals surface area contributed by atoms with E-state index in [1.165, 1.54) is 0 Å². The van der Waals surface area contributed by atoms with Gasteiger partial charge in [0.1, 0.15) is 12.4 Å².